The van der Waals surface area contributed by atoms with Gasteiger partial charge in [-0.2, -0.15) is 0 Å². The maximum absolute atomic E-state index is 13.0. The number of amides is 1. The number of hydrogen-bond donors (Lipinski definition) is 6. The van der Waals surface area contributed by atoms with Crippen molar-refractivity contribution in [2.24, 2.45) is 0 Å². The van der Waals surface area contributed by atoms with Crippen molar-refractivity contribution in [1.82, 2.24) is 5.32 Å². The molecule has 67 heavy (non-hydrogen) atoms. The standard InChI is InChI=1S/C58H109NO8/c1-3-5-7-9-11-13-15-17-19-20-21-22-23-24-25-26-27-28-29-30-31-32-34-36-38-40-42-44-46-48-54(62)59-51(50-66-58-57(65)56(64)55(63)53(49-60)67-58)52(61)47-45-43-41-39-37-35-33-18-16-14-12-10-8-6-4-2/h24-25,37,39,45,47,51-53,55-58,60-61,63-65H,3-23,26-36,38,40-44,46,48-50H2,1-2H3,(H,59,62)/b25-24-,39-37+,47-45+. The number of aliphatic hydroxyl groups excluding tert-OH is 5. The molecule has 1 saturated heterocycles. The molecule has 0 saturated carbocycles. The summed E-state index contributed by atoms with van der Waals surface area (Å²) in [5.74, 6) is -0.184. The van der Waals surface area contributed by atoms with Gasteiger partial charge in [0.15, 0.2) is 6.29 Å². The molecule has 7 atom stereocenters. The van der Waals surface area contributed by atoms with Crippen molar-refractivity contribution in [3.8, 4) is 0 Å². The van der Waals surface area contributed by atoms with Gasteiger partial charge in [0.05, 0.1) is 25.4 Å². The van der Waals surface area contributed by atoms with E-state index < -0.39 is 49.5 Å². The molecule has 0 spiro atoms. The lowest BCUT2D eigenvalue weighted by Crippen LogP contribution is -2.60. The Kier molecular flexibility index (Phi) is 45.5. The monoisotopic (exact) mass is 948 g/mol. The molecule has 0 aromatic heterocycles. The van der Waals surface area contributed by atoms with Crippen LogP contribution >= 0.6 is 0 Å². The maximum atomic E-state index is 13.0. The molecule has 1 rings (SSSR count). The lowest BCUT2D eigenvalue weighted by atomic mass is 9.99. The van der Waals surface area contributed by atoms with Gasteiger partial charge in [0.25, 0.3) is 0 Å². The molecule has 7 unspecified atom stereocenters. The van der Waals surface area contributed by atoms with E-state index in [2.05, 4.69) is 43.5 Å². The fourth-order valence-electron chi connectivity index (χ4n) is 9.11. The Morgan fingerprint density at radius 2 is 0.851 bits per heavy atom. The van der Waals surface area contributed by atoms with Crippen LogP contribution in [-0.2, 0) is 14.3 Å². The van der Waals surface area contributed by atoms with Crippen LogP contribution in [0.2, 0.25) is 0 Å². The number of carbonyl (C=O) groups excluding carboxylic acids is 1. The topological polar surface area (TPSA) is 149 Å². The van der Waals surface area contributed by atoms with Crippen molar-refractivity contribution < 1.29 is 39.8 Å². The third-order valence-corrected chi connectivity index (χ3v) is 13.7. The molecule has 9 nitrogen and oxygen atoms in total. The van der Waals surface area contributed by atoms with Gasteiger partial charge in [-0.3, -0.25) is 4.79 Å². The second-order valence-electron chi connectivity index (χ2n) is 20.1. The van der Waals surface area contributed by atoms with Crippen molar-refractivity contribution in [1.29, 1.82) is 0 Å². The van der Waals surface area contributed by atoms with Crippen LogP contribution in [0.3, 0.4) is 0 Å². The van der Waals surface area contributed by atoms with E-state index in [1.54, 1.807) is 6.08 Å². The Balaban J connectivity index is 2.18. The summed E-state index contributed by atoms with van der Waals surface area (Å²) in [6.07, 6.45) is 55.1. The highest BCUT2D eigenvalue weighted by Gasteiger charge is 2.44. The average molecular weight is 949 g/mol. The zero-order valence-corrected chi connectivity index (χ0v) is 43.7. The average Bonchev–Trinajstić information content (AvgIpc) is 3.33. The van der Waals surface area contributed by atoms with Crippen LogP contribution in [0.1, 0.15) is 271 Å². The number of allylic oxidation sites excluding steroid dienone is 5. The Labute approximate surface area is 412 Å². The molecular formula is C58H109NO8. The third-order valence-electron chi connectivity index (χ3n) is 13.7. The highest BCUT2D eigenvalue weighted by Crippen LogP contribution is 2.23. The number of ether oxygens (including phenoxy) is 2. The fraction of sp³-hybridized carbons (Fsp3) is 0.879. The molecule has 0 bridgehead atoms. The van der Waals surface area contributed by atoms with Crippen molar-refractivity contribution >= 4 is 5.91 Å². The first kappa shape index (κ1) is 63.4. The summed E-state index contributed by atoms with van der Waals surface area (Å²) in [6.45, 7) is 3.78. The van der Waals surface area contributed by atoms with E-state index in [0.717, 1.165) is 38.5 Å². The first-order valence-corrected chi connectivity index (χ1v) is 28.7. The predicted molar refractivity (Wildman–Crippen MR) is 281 cm³/mol. The number of aliphatic hydroxyl groups is 5. The van der Waals surface area contributed by atoms with Crippen molar-refractivity contribution in [3.63, 3.8) is 0 Å². The van der Waals surface area contributed by atoms with E-state index in [1.165, 1.54) is 212 Å². The van der Waals surface area contributed by atoms with Gasteiger partial charge in [-0.25, -0.2) is 0 Å². The minimum atomic E-state index is -1.57. The summed E-state index contributed by atoms with van der Waals surface area (Å²) < 4.78 is 11.2. The highest BCUT2D eigenvalue weighted by molar-refractivity contribution is 5.76. The van der Waals surface area contributed by atoms with Gasteiger partial charge in [-0.15, -0.1) is 0 Å². The highest BCUT2D eigenvalue weighted by atomic mass is 16.7. The number of rotatable bonds is 49. The molecular weight excluding hydrogens is 839 g/mol. The SMILES string of the molecule is CCCCCCCCCCC/C=C/CC/C=C/C(O)C(COC1OC(CO)C(O)C(O)C1O)NC(=O)CCCCCCCCCCCCCCC/C=C\CCCCCCCCCCCCCC. The van der Waals surface area contributed by atoms with Gasteiger partial charge in [0.2, 0.25) is 5.91 Å². The van der Waals surface area contributed by atoms with E-state index in [-0.39, 0.29) is 12.5 Å². The molecule has 0 aromatic rings. The van der Waals surface area contributed by atoms with E-state index in [9.17, 15) is 30.3 Å². The van der Waals surface area contributed by atoms with Crippen molar-refractivity contribution in [2.45, 2.75) is 314 Å². The van der Waals surface area contributed by atoms with Gasteiger partial charge in [0.1, 0.15) is 24.4 Å². The fourth-order valence-corrected chi connectivity index (χ4v) is 9.11. The summed E-state index contributed by atoms with van der Waals surface area (Å²) >= 11 is 0. The minimum absolute atomic E-state index is 0.184. The molecule has 1 aliphatic heterocycles. The summed E-state index contributed by atoms with van der Waals surface area (Å²) in [6, 6.07) is -0.820. The quantitative estimate of drug-likeness (QED) is 0.0261. The molecule has 9 heteroatoms. The van der Waals surface area contributed by atoms with Gasteiger partial charge in [-0.05, 0) is 57.8 Å². The second kappa shape index (κ2) is 48.1. The molecule has 0 aliphatic carbocycles. The van der Waals surface area contributed by atoms with Gasteiger partial charge in [-0.1, -0.05) is 243 Å². The Bertz CT molecular complexity index is 1150. The number of hydrogen-bond acceptors (Lipinski definition) is 8. The lowest BCUT2D eigenvalue weighted by Gasteiger charge is -2.40. The second-order valence-corrected chi connectivity index (χ2v) is 20.1. The van der Waals surface area contributed by atoms with Crippen LogP contribution in [0.25, 0.3) is 0 Å². The first-order chi connectivity index (χ1) is 32.8. The summed E-state index contributed by atoms with van der Waals surface area (Å²) in [5, 5.41) is 54.4. The first-order valence-electron chi connectivity index (χ1n) is 28.7. The van der Waals surface area contributed by atoms with Crippen molar-refractivity contribution in [2.75, 3.05) is 13.2 Å². The number of unbranched alkanes of at least 4 members (excludes halogenated alkanes) is 35. The Morgan fingerprint density at radius 1 is 0.493 bits per heavy atom. The molecule has 0 radical (unpaired) electrons. The lowest BCUT2D eigenvalue weighted by molar-refractivity contribution is -0.302. The van der Waals surface area contributed by atoms with Crippen LogP contribution < -0.4 is 5.32 Å². The maximum Gasteiger partial charge on any atom is 0.220 e. The zero-order valence-electron chi connectivity index (χ0n) is 43.7. The molecule has 1 aliphatic rings. The summed E-state index contributed by atoms with van der Waals surface area (Å²) in [5.41, 5.74) is 0. The van der Waals surface area contributed by atoms with Crippen LogP contribution in [-0.4, -0.2) is 87.5 Å². The Morgan fingerprint density at radius 3 is 1.25 bits per heavy atom. The van der Waals surface area contributed by atoms with E-state index >= 15 is 0 Å². The van der Waals surface area contributed by atoms with Gasteiger partial charge in [0, 0.05) is 6.42 Å². The molecule has 1 amide bonds. The van der Waals surface area contributed by atoms with Crippen LogP contribution in [0.4, 0.5) is 0 Å². The molecule has 0 aromatic carbocycles. The third kappa shape index (κ3) is 37.9. The minimum Gasteiger partial charge on any atom is -0.394 e. The largest absolute Gasteiger partial charge is 0.394 e. The smallest absolute Gasteiger partial charge is 0.220 e. The van der Waals surface area contributed by atoms with Crippen LogP contribution in [0.5, 0.6) is 0 Å². The Hall–Kier alpha value is -1.59. The molecule has 6 N–H and O–H groups in total. The molecule has 1 heterocycles. The number of nitrogens with one attached hydrogen (secondary N) is 1. The van der Waals surface area contributed by atoms with Gasteiger partial charge < -0.3 is 40.3 Å². The molecule has 1 fully saturated rings. The normalized spacial score (nSPS) is 19.9. The van der Waals surface area contributed by atoms with E-state index in [0.29, 0.717) is 6.42 Å². The van der Waals surface area contributed by atoms with E-state index in [4.69, 9.17) is 9.47 Å². The zero-order chi connectivity index (χ0) is 48.7. The van der Waals surface area contributed by atoms with Gasteiger partial charge >= 0.3 is 0 Å². The summed E-state index contributed by atoms with van der Waals surface area (Å²) in [4.78, 5) is 13.0. The van der Waals surface area contributed by atoms with Crippen LogP contribution in [0.15, 0.2) is 36.5 Å². The predicted octanol–water partition coefficient (Wildman–Crippen LogP) is 14.0. The van der Waals surface area contributed by atoms with Crippen LogP contribution in [0, 0.1) is 0 Å². The molecule has 394 valence electrons. The van der Waals surface area contributed by atoms with Crippen molar-refractivity contribution in [3.05, 3.63) is 36.5 Å². The number of carbonyl (C=O) groups is 1. The summed E-state index contributed by atoms with van der Waals surface area (Å²) in [7, 11) is 0. The van der Waals surface area contributed by atoms with E-state index in [1.807, 2.05) is 6.08 Å².